The number of hydrogen-bond acceptors (Lipinski definition) is 2. The summed E-state index contributed by atoms with van der Waals surface area (Å²) in [6.45, 7) is 6.20. The van der Waals surface area contributed by atoms with Gasteiger partial charge in [0.1, 0.15) is 6.04 Å². The van der Waals surface area contributed by atoms with Gasteiger partial charge in [-0.1, -0.05) is 6.07 Å². The molecular weight excluding hydrogens is 296 g/mol. The quantitative estimate of drug-likeness (QED) is 0.871. The zero-order valence-electron chi connectivity index (χ0n) is 15.2. The number of benzene rings is 1. The van der Waals surface area contributed by atoms with Gasteiger partial charge < -0.3 is 10.6 Å². The molecule has 0 heterocycles. The molecule has 0 aromatic heterocycles. The fraction of sp³-hybridized carbons (Fsp3) is 0.667. The maximum absolute atomic E-state index is 12.8. The summed E-state index contributed by atoms with van der Waals surface area (Å²) in [7, 11) is 0. The molecule has 4 bridgehead atoms. The molecule has 2 N–H and O–H groups in total. The Labute approximate surface area is 145 Å². The second kappa shape index (κ2) is 5.79. The third-order valence-corrected chi connectivity index (χ3v) is 6.71. The van der Waals surface area contributed by atoms with Crippen molar-refractivity contribution in [2.75, 3.05) is 5.32 Å². The van der Waals surface area contributed by atoms with E-state index in [0.717, 1.165) is 23.4 Å². The lowest BCUT2D eigenvalue weighted by atomic mass is 9.53. The average molecular weight is 326 g/mol. The summed E-state index contributed by atoms with van der Waals surface area (Å²) < 4.78 is 0. The van der Waals surface area contributed by atoms with Crippen LogP contribution in [0.15, 0.2) is 18.2 Å². The number of carbonyl (C=O) groups is 1. The van der Waals surface area contributed by atoms with Crippen LogP contribution in [-0.2, 0) is 4.79 Å². The van der Waals surface area contributed by atoms with E-state index in [9.17, 15) is 4.79 Å². The van der Waals surface area contributed by atoms with Crippen molar-refractivity contribution in [1.82, 2.24) is 5.32 Å². The van der Waals surface area contributed by atoms with Crippen molar-refractivity contribution >= 4 is 11.6 Å². The summed E-state index contributed by atoms with van der Waals surface area (Å²) in [5, 5.41) is 6.85. The second-order valence-electron chi connectivity index (χ2n) is 8.85. The van der Waals surface area contributed by atoms with Crippen LogP contribution in [0.2, 0.25) is 0 Å². The first-order valence-corrected chi connectivity index (χ1v) is 9.58. The molecule has 4 aliphatic rings. The molecule has 1 aromatic rings. The number of carbonyl (C=O) groups excluding carboxylic acids is 1. The van der Waals surface area contributed by atoms with Crippen LogP contribution in [0.5, 0.6) is 0 Å². The van der Waals surface area contributed by atoms with Gasteiger partial charge in [-0.05, 0) is 100 Å². The lowest BCUT2D eigenvalue weighted by Gasteiger charge is -2.57. The van der Waals surface area contributed by atoms with Crippen LogP contribution in [0.1, 0.15) is 56.6 Å². The minimum absolute atomic E-state index is 0.102. The predicted molar refractivity (Wildman–Crippen MR) is 98.0 cm³/mol. The third-order valence-electron chi connectivity index (χ3n) is 6.71. The van der Waals surface area contributed by atoms with Gasteiger partial charge in [0.2, 0.25) is 5.91 Å². The fourth-order valence-corrected chi connectivity index (χ4v) is 5.78. The molecule has 0 saturated heterocycles. The highest BCUT2D eigenvalue weighted by Gasteiger charge is 2.51. The SMILES string of the molecule is Cc1ccc(N[C@@H](C)C(=O)NC23CC4CC(CC(C4)C2)C3)cc1C. The van der Waals surface area contributed by atoms with Crippen molar-refractivity contribution < 1.29 is 4.79 Å². The van der Waals surface area contributed by atoms with Crippen molar-refractivity contribution in [2.45, 2.75) is 70.9 Å². The van der Waals surface area contributed by atoms with E-state index < -0.39 is 0 Å². The molecule has 1 atom stereocenters. The molecule has 4 saturated carbocycles. The topological polar surface area (TPSA) is 41.1 Å². The largest absolute Gasteiger partial charge is 0.374 e. The summed E-state index contributed by atoms with van der Waals surface area (Å²) in [4.78, 5) is 12.8. The Morgan fingerprint density at radius 1 is 1.04 bits per heavy atom. The van der Waals surface area contributed by atoms with Crippen LogP contribution < -0.4 is 10.6 Å². The molecule has 0 spiro atoms. The van der Waals surface area contributed by atoms with Crippen LogP contribution in [0.25, 0.3) is 0 Å². The molecule has 0 unspecified atom stereocenters. The van der Waals surface area contributed by atoms with Gasteiger partial charge in [0.05, 0.1) is 0 Å². The normalized spacial score (nSPS) is 34.9. The average Bonchev–Trinajstić information content (AvgIpc) is 2.49. The first-order valence-electron chi connectivity index (χ1n) is 9.58. The van der Waals surface area contributed by atoms with Crippen molar-refractivity contribution in [3.8, 4) is 0 Å². The number of amides is 1. The summed E-state index contributed by atoms with van der Waals surface area (Å²) in [5.41, 5.74) is 3.68. The Balaban J connectivity index is 1.41. The number of hydrogen-bond donors (Lipinski definition) is 2. The molecule has 1 amide bonds. The van der Waals surface area contributed by atoms with E-state index in [1.165, 1.54) is 49.7 Å². The standard InChI is InChI=1S/C21H30N2O/c1-13-4-5-19(6-14(13)2)22-15(3)20(24)23-21-10-16-7-17(11-21)9-18(8-16)12-21/h4-6,15-18,22H,7-12H2,1-3H3,(H,23,24)/t15-,16?,17?,18?,21?/m0/s1. The number of aryl methyl sites for hydroxylation is 2. The van der Waals surface area contributed by atoms with Gasteiger partial charge in [-0.3, -0.25) is 4.79 Å². The first-order chi connectivity index (χ1) is 11.4. The van der Waals surface area contributed by atoms with Gasteiger partial charge in [0.15, 0.2) is 0 Å². The highest BCUT2D eigenvalue weighted by Crippen LogP contribution is 2.55. The Morgan fingerprint density at radius 2 is 1.62 bits per heavy atom. The van der Waals surface area contributed by atoms with Crippen molar-refractivity contribution in [3.63, 3.8) is 0 Å². The molecule has 3 heteroatoms. The lowest BCUT2D eigenvalue weighted by molar-refractivity contribution is -0.127. The van der Waals surface area contributed by atoms with E-state index in [0.29, 0.717) is 0 Å². The molecule has 130 valence electrons. The van der Waals surface area contributed by atoms with E-state index in [1.807, 2.05) is 6.92 Å². The Kier molecular flexibility index (Phi) is 3.85. The van der Waals surface area contributed by atoms with Gasteiger partial charge in [0.25, 0.3) is 0 Å². The Hall–Kier alpha value is -1.51. The van der Waals surface area contributed by atoms with E-state index in [-0.39, 0.29) is 17.5 Å². The molecule has 1 aromatic carbocycles. The van der Waals surface area contributed by atoms with E-state index in [4.69, 9.17) is 0 Å². The third kappa shape index (κ3) is 2.94. The van der Waals surface area contributed by atoms with Crippen molar-refractivity contribution in [3.05, 3.63) is 29.3 Å². The zero-order chi connectivity index (χ0) is 16.9. The minimum Gasteiger partial charge on any atom is -0.374 e. The number of rotatable bonds is 4. The molecular formula is C21H30N2O. The molecule has 5 rings (SSSR count). The molecule has 24 heavy (non-hydrogen) atoms. The molecule has 4 fully saturated rings. The summed E-state index contributed by atoms with van der Waals surface area (Å²) in [6.07, 6.45) is 7.85. The monoisotopic (exact) mass is 326 g/mol. The van der Waals surface area contributed by atoms with Gasteiger partial charge in [-0.15, -0.1) is 0 Å². The summed E-state index contributed by atoms with van der Waals surface area (Å²) >= 11 is 0. The van der Waals surface area contributed by atoms with Crippen LogP contribution in [0.4, 0.5) is 5.69 Å². The Bertz CT molecular complexity index is 616. The van der Waals surface area contributed by atoms with Crippen LogP contribution >= 0.6 is 0 Å². The predicted octanol–water partition coefficient (Wildman–Crippen LogP) is 4.19. The van der Waals surface area contributed by atoms with E-state index >= 15 is 0 Å². The van der Waals surface area contributed by atoms with Crippen molar-refractivity contribution in [1.29, 1.82) is 0 Å². The van der Waals surface area contributed by atoms with Gasteiger partial charge in [0, 0.05) is 11.2 Å². The Morgan fingerprint density at radius 3 is 2.17 bits per heavy atom. The first kappa shape index (κ1) is 16.0. The van der Waals surface area contributed by atoms with Crippen molar-refractivity contribution in [2.24, 2.45) is 17.8 Å². The smallest absolute Gasteiger partial charge is 0.242 e. The zero-order valence-corrected chi connectivity index (χ0v) is 15.2. The lowest BCUT2D eigenvalue weighted by Crippen LogP contribution is -2.61. The van der Waals surface area contributed by atoms with E-state index in [1.54, 1.807) is 0 Å². The van der Waals surface area contributed by atoms with E-state index in [2.05, 4.69) is 42.7 Å². The van der Waals surface area contributed by atoms with Gasteiger partial charge >= 0.3 is 0 Å². The molecule has 0 aliphatic heterocycles. The van der Waals surface area contributed by atoms with Crippen LogP contribution in [-0.4, -0.2) is 17.5 Å². The van der Waals surface area contributed by atoms with Gasteiger partial charge in [-0.25, -0.2) is 0 Å². The molecule has 3 nitrogen and oxygen atoms in total. The second-order valence-corrected chi connectivity index (χ2v) is 8.85. The van der Waals surface area contributed by atoms with Gasteiger partial charge in [-0.2, -0.15) is 0 Å². The maximum atomic E-state index is 12.8. The van der Waals surface area contributed by atoms with Crippen LogP contribution in [0.3, 0.4) is 0 Å². The maximum Gasteiger partial charge on any atom is 0.242 e. The number of nitrogens with one attached hydrogen (secondary N) is 2. The number of anilines is 1. The fourth-order valence-electron chi connectivity index (χ4n) is 5.78. The minimum atomic E-state index is -0.194. The summed E-state index contributed by atoms with van der Waals surface area (Å²) in [6, 6.07) is 6.11. The molecule has 4 aliphatic carbocycles. The highest BCUT2D eigenvalue weighted by molar-refractivity contribution is 5.85. The molecule has 0 radical (unpaired) electrons. The summed E-state index contributed by atoms with van der Waals surface area (Å²) in [5.74, 6) is 2.74. The van der Waals surface area contributed by atoms with Crippen LogP contribution in [0, 0.1) is 31.6 Å². The highest BCUT2D eigenvalue weighted by atomic mass is 16.2.